The Kier molecular flexibility index (Phi) is 3.59. The van der Waals surface area contributed by atoms with Crippen molar-refractivity contribution in [2.24, 2.45) is 0 Å². The summed E-state index contributed by atoms with van der Waals surface area (Å²) in [6.07, 6.45) is 0. The number of hydrogen-bond acceptors (Lipinski definition) is 0. The summed E-state index contributed by atoms with van der Waals surface area (Å²) in [6, 6.07) is 0. The zero-order valence-corrected chi connectivity index (χ0v) is 12.1. The summed E-state index contributed by atoms with van der Waals surface area (Å²) < 4.78 is 42.6. The van der Waals surface area contributed by atoms with Crippen LogP contribution in [0.4, 0.5) is 13.2 Å². The second-order valence-electron chi connectivity index (χ2n) is 6.82. The molecule has 1 aromatic rings. The highest BCUT2D eigenvalue weighted by molar-refractivity contribution is 5.42. The van der Waals surface area contributed by atoms with E-state index in [0.29, 0.717) is 0 Å². The molecule has 0 atom stereocenters. The summed E-state index contributed by atoms with van der Waals surface area (Å²) in [6.45, 7) is 11.8. The molecule has 18 heavy (non-hydrogen) atoms. The molecule has 0 unspecified atom stereocenters. The van der Waals surface area contributed by atoms with E-state index in [4.69, 9.17) is 0 Å². The first-order chi connectivity index (χ1) is 7.89. The van der Waals surface area contributed by atoms with Crippen LogP contribution in [-0.2, 0) is 10.8 Å². The molecule has 0 aliphatic rings. The second kappa shape index (κ2) is 4.29. The van der Waals surface area contributed by atoms with Gasteiger partial charge in [-0.05, 0) is 23.3 Å². The van der Waals surface area contributed by atoms with E-state index in [1.807, 2.05) is 0 Å². The lowest BCUT2D eigenvalue weighted by Crippen LogP contribution is -2.24. The van der Waals surface area contributed by atoms with E-state index < -0.39 is 28.3 Å². The molecule has 0 amide bonds. The van der Waals surface area contributed by atoms with Gasteiger partial charge >= 0.3 is 0 Å². The minimum absolute atomic E-state index is 0.116. The minimum Gasteiger partial charge on any atom is -0.206 e. The topological polar surface area (TPSA) is 0 Å². The van der Waals surface area contributed by atoms with Crippen LogP contribution < -0.4 is 0 Å². The lowest BCUT2D eigenvalue weighted by Gasteiger charge is -2.28. The first-order valence-corrected chi connectivity index (χ1v) is 6.07. The van der Waals surface area contributed by atoms with Gasteiger partial charge in [-0.15, -0.1) is 0 Å². The molecule has 0 bridgehead atoms. The first kappa shape index (κ1) is 15.1. The fourth-order valence-electron chi connectivity index (χ4n) is 2.33. The summed E-state index contributed by atoms with van der Waals surface area (Å²) >= 11 is 0. The number of halogens is 3. The molecule has 102 valence electrons. The van der Waals surface area contributed by atoms with Gasteiger partial charge in [-0.2, -0.15) is 0 Å². The molecule has 0 aliphatic carbocycles. The van der Waals surface area contributed by atoms with E-state index >= 15 is 0 Å². The van der Waals surface area contributed by atoms with Crippen molar-refractivity contribution in [2.75, 3.05) is 0 Å². The highest BCUT2D eigenvalue weighted by Crippen LogP contribution is 2.37. The quantitative estimate of drug-likeness (QED) is 0.574. The van der Waals surface area contributed by atoms with Gasteiger partial charge in [0.15, 0.2) is 11.6 Å². The minimum atomic E-state index is -1.06. The zero-order valence-electron chi connectivity index (χ0n) is 12.1. The Morgan fingerprint density at radius 3 is 1.28 bits per heavy atom. The first-order valence-electron chi connectivity index (χ1n) is 6.07. The van der Waals surface area contributed by atoms with E-state index in [-0.39, 0.29) is 16.7 Å². The van der Waals surface area contributed by atoms with Crippen molar-refractivity contribution in [3.05, 3.63) is 34.1 Å². The van der Waals surface area contributed by atoms with Crippen LogP contribution in [0.3, 0.4) is 0 Å². The maximum absolute atomic E-state index is 14.3. The SMILES string of the molecule is Cc1c(F)c(C(C)(C)C)c(F)c(F)c1C(C)(C)C. The van der Waals surface area contributed by atoms with Crippen LogP contribution in [0.5, 0.6) is 0 Å². The van der Waals surface area contributed by atoms with Gasteiger partial charge in [0.25, 0.3) is 0 Å². The Hall–Kier alpha value is -0.990. The summed E-state index contributed by atoms with van der Waals surface area (Å²) in [5.41, 5.74) is -1.26. The molecule has 0 aliphatic heterocycles. The molecule has 0 saturated carbocycles. The van der Waals surface area contributed by atoms with Gasteiger partial charge in [0, 0.05) is 11.1 Å². The predicted molar refractivity (Wildman–Crippen MR) is 68.5 cm³/mol. The summed E-state index contributed by atoms with van der Waals surface area (Å²) in [4.78, 5) is 0. The predicted octanol–water partition coefficient (Wildman–Crippen LogP) is 5.01. The molecule has 0 radical (unpaired) electrons. The van der Waals surface area contributed by atoms with Crippen molar-refractivity contribution in [3.63, 3.8) is 0 Å². The van der Waals surface area contributed by atoms with Crippen molar-refractivity contribution >= 4 is 0 Å². The van der Waals surface area contributed by atoms with Crippen LogP contribution in [0.15, 0.2) is 0 Å². The van der Waals surface area contributed by atoms with Gasteiger partial charge in [-0.3, -0.25) is 0 Å². The van der Waals surface area contributed by atoms with Crippen LogP contribution in [0.1, 0.15) is 58.2 Å². The molecule has 1 rings (SSSR count). The summed E-state index contributed by atoms with van der Waals surface area (Å²) in [5.74, 6) is -2.62. The van der Waals surface area contributed by atoms with Crippen LogP contribution >= 0.6 is 0 Å². The van der Waals surface area contributed by atoms with Crippen molar-refractivity contribution in [3.8, 4) is 0 Å². The van der Waals surface area contributed by atoms with Gasteiger partial charge in [0.05, 0.1) is 0 Å². The highest BCUT2D eigenvalue weighted by Gasteiger charge is 2.33. The summed E-state index contributed by atoms with van der Waals surface area (Å²) in [7, 11) is 0. The fraction of sp³-hybridized carbons (Fsp3) is 0.600. The van der Waals surface area contributed by atoms with Crippen molar-refractivity contribution in [2.45, 2.75) is 59.3 Å². The van der Waals surface area contributed by atoms with Gasteiger partial charge in [-0.1, -0.05) is 41.5 Å². The Labute approximate surface area is 107 Å². The molecule has 0 saturated heterocycles. The highest BCUT2D eigenvalue weighted by atomic mass is 19.2. The van der Waals surface area contributed by atoms with Crippen molar-refractivity contribution < 1.29 is 13.2 Å². The number of hydrogen-bond donors (Lipinski definition) is 0. The van der Waals surface area contributed by atoms with Crippen molar-refractivity contribution in [1.82, 2.24) is 0 Å². The maximum atomic E-state index is 14.3. The maximum Gasteiger partial charge on any atom is 0.165 e. The Morgan fingerprint density at radius 1 is 0.611 bits per heavy atom. The molecule has 1 aromatic carbocycles. The Morgan fingerprint density at radius 2 is 0.944 bits per heavy atom. The molecule has 0 heterocycles. The standard InChI is InChI=1S/C15H21F3/c1-8-9(14(2,3)4)12(17)13(18)10(11(8)16)15(5,6)7/h1-7H3. The van der Waals surface area contributed by atoms with E-state index in [1.54, 1.807) is 41.5 Å². The van der Waals surface area contributed by atoms with Crippen molar-refractivity contribution in [1.29, 1.82) is 0 Å². The van der Waals surface area contributed by atoms with Crippen LogP contribution in [0.25, 0.3) is 0 Å². The van der Waals surface area contributed by atoms with E-state index in [9.17, 15) is 13.2 Å². The molecule has 0 spiro atoms. The molecule has 3 heteroatoms. The molecular weight excluding hydrogens is 237 g/mol. The van der Waals surface area contributed by atoms with Crippen LogP contribution in [-0.4, -0.2) is 0 Å². The Balaban J connectivity index is 3.79. The molecule has 0 aromatic heterocycles. The van der Waals surface area contributed by atoms with E-state index in [2.05, 4.69) is 0 Å². The van der Waals surface area contributed by atoms with Gasteiger partial charge in [0.2, 0.25) is 0 Å². The van der Waals surface area contributed by atoms with Crippen LogP contribution in [0.2, 0.25) is 0 Å². The van der Waals surface area contributed by atoms with Crippen LogP contribution in [0, 0.1) is 24.4 Å². The number of benzene rings is 1. The smallest absolute Gasteiger partial charge is 0.165 e. The average Bonchev–Trinajstić information content (AvgIpc) is 2.10. The number of rotatable bonds is 0. The lowest BCUT2D eigenvalue weighted by molar-refractivity contribution is 0.409. The van der Waals surface area contributed by atoms with E-state index in [1.165, 1.54) is 6.92 Å². The largest absolute Gasteiger partial charge is 0.206 e. The fourth-order valence-corrected chi connectivity index (χ4v) is 2.33. The normalized spacial score (nSPS) is 13.0. The Bertz CT molecular complexity index is 400. The summed E-state index contributed by atoms with van der Waals surface area (Å²) in [5, 5.41) is 0. The monoisotopic (exact) mass is 258 g/mol. The molecule has 0 nitrogen and oxygen atoms in total. The lowest BCUT2D eigenvalue weighted by atomic mass is 9.78. The van der Waals surface area contributed by atoms with Gasteiger partial charge in [-0.25, -0.2) is 13.2 Å². The third-order valence-electron chi connectivity index (χ3n) is 3.06. The third kappa shape index (κ3) is 2.40. The average molecular weight is 258 g/mol. The van der Waals surface area contributed by atoms with Gasteiger partial charge < -0.3 is 0 Å². The second-order valence-corrected chi connectivity index (χ2v) is 6.82. The third-order valence-corrected chi connectivity index (χ3v) is 3.06. The molecule has 0 N–H and O–H groups in total. The zero-order chi connectivity index (χ0) is 14.5. The van der Waals surface area contributed by atoms with E-state index in [0.717, 1.165) is 0 Å². The molecular formula is C15H21F3. The van der Waals surface area contributed by atoms with Gasteiger partial charge in [0.1, 0.15) is 5.82 Å². The molecule has 0 fully saturated rings.